The van der Waals surface area contributed by atoms with Crippen molar-refractivity contribution in [3.05, 3.63) is 23.3 Å². The number of allylic oxidation sites excluding steroid dienone is 2. The topological polar surface area (TPSA) is 89.9 Å². The van der Waals surface area contributed by atoms with Gasteiger partial charge in [0.15, 0.2) is 17.9 Å². The molecule has 0 spiro atoms. The lowest BCUT2D eigenvalue weighted by Gasteiger charge is -2.30. The monoisotopic (exact) mass is 238 g/mol. The molecule has 6 heteroatoms. The molecule has 2 atom stereocenters. The molecule has 1 N–H and O–H groups in total. The maximum Gasteiger partial charge on any atom is 0.304 e. The lowest BCUT2D eigenvalue weighted by molar-refractivity contribution is -0.219. The van der Waals surface area contributed by atoms with Gasteiger partial charge in [0, 0.05) is 18.9 Å². The molecular weight excluding hydrogens is 228 g/mol. The van der Waals surface area contributed by atoms with Gasteiger partial charge in [-0.15, -0.1) is 0 Å². The summed E-state index contributed by atoms with van der Waals surface area (Å²) in [5, 5.41) is 9.60. The number of aliphatic hydroxyl groups excluding tert-OH is 1. The summed E-state index contributed by atoms with van der Waals surface area (Å²) in [4.78, 5) is 33.8. The molecule has 2 aliphatic rings. The van der Waals surface area contributed by atoms with Crippen LogP contribution in [0.15, 0.2) is 23.3 Å². The molecule has 17 heavy (non-hydrogen) atoms. The Hall–Kier alpha value is -1.79. The minimum Gasteiger partial charge on any atom is -0.435 e. The SMILES string of the molecule is CC(=O)OC1CC2=C(C(=O)C=CC2=O)C(O)O1. The zero-order chi connectivity index (χ0) is 12.6. The van der Waals surface area contributed by atoms with Crippen molar-refractivity contribution in [1.29, 1.82) is 0 Å². The number of hydrogen-bond acceptors (Lipinski definition) is 6. The fourth-order valence-corrected chi connectivity index (χ4v) is 1.79. The van der Waals surface area contributed by atoms with E-state index in [-0.39, 0.29) is 23.4 Å². The molecule has 0 aromatic carbocycles. The van der Waals surface area contributed by atoms with E-state index in [2.05, 4.69) is 0 Å². The largest absolute Gasteiger partial charge is 0.435 e. The van der Waals surface area contributed by atoms with Crippen LogP contribution in [-0.2, 0) is 23.9 Å². The van der Waals surface area contributed by atoms with Crippen LogP contribution in [0.3, 0.4) is 0 Å². The second-order valence-corrected chi connectivity index (χ2v) is 3.69. The zero-order valence-electron chi connectivity index (χ0n) is 9.00. The Kier molecular flexibility index (Phi) is 2.91. The summed E-state index contributed by atoms with van der Waals surface area (Å²) in [7, 11) is 0. The number of esters is 1. The van der Waals surface area contributed by atoms with Crippen LogP contribution in [0.2, 0.25) is 0 Å². The van der Waals surface area contributed by atoms with Gasteiger partial charge < -0.3 is 14.6 Å². The number of aliphatic hydroxyl groups is 1. The molecule has 0 fully saturated rings. The molecule has 1 heterocycles. The molecule has 1 aliphatic heterocycles. The van der Waals surface area contributed by atoms with Crippen LogP contribution < -0.4 is 0 Å². The van der Waals surface area contributed by atoms with E-state index < -0.39 is 24.3 Å². The first-order valence-electron chi connectivity index (χ1n) is 4.99. The number of ether oxygens (including phenoxy) is 2. The quantitative estimate of drug-likeness (QED) is 0.494. The van der Waals surface area contributed by atoms with Crippen molar-refractivity contribution >= 4 is 17.5 Å². The van der Waals surface area contributed by atoms with Crippen molar-refractivity contribution in [2.75, 3.05) is 0 Å². The number of carbonyl (C=O) groups is 3. The van der Waals surface area contributed by atoms with E-state index >= 15 is 0 Å². The Morgan fingerprint density at radius 2 is 2.06 bits per heavy atom. The number of hydrogen-bond donors (Lipinski definition) is 1. The lowest BCUT2D eigenvalue weighted by atomic mass is 9.90. The molecule has 90 valence electrons. The van der Waals surface area contributed by atoms with Gasteiger partial charge in [0.1, 0.15) is 0 Å². The molecule has 0 aromatic heterocycles. The van der Waals surface area contributed by atoms with Crippen LogP contribution in [0.1, 0.15) is 13.3 Å². The van der Waals surface area contributed by atoms with E-state index in [1.807, 2.05) is 0 Å². The van der Waals surface area contributed by atoms with Crippen molar-refractivity contribution in [1.82, 2.24) is 0 Å². The van der Waals surface area contributed by atoms with Gasteiger partial charge in [0.05, 0.1) is 5.57 Å². The predicted molar refractivity (Wildman–Crippen MR) is 53.4 cm³/mol. The molecule has 0 saturated carbocycles. The second-order valence-electron chi connectivity index (χ2n) is 3.69. The third-order valence-electron chi connectivity index (χ3n) is 2.47. The van der Waals surface area contributed by atoms with Crippen LogP contribution in [0.25, 0.3) is 0 Å². The minimum absolute atomic E-state index is 0.0269. The Morgan fingerprint density at radius 1 is 1.41 bits per heavy atom. The van der Waals surface area contributed by atoms with Gasteiger partial charge in [-0.3, -0.25) is 14.4 Å². The standard InChI is InChI=1S/C11H10O6/c1-5(12)16-9-4-6-7(13)2-3-8(14)10(6)11(15)17-9/h2-3,9,11,15H,4H2,1H3. The van der Waals surface area contributed by atoms with E-state index in [0.29, 0.717) is 0 Å². The first kappa shape index (κ1) is 11.7. The average molecular weight is 238 g/mol. The summed E-state index contributed by atoms with van der Waals surface area (Å²) in [6.07, 6.45) is -0.390. The Bertz CT molecular complexity index is 459. The third kappa shape index (κ3) is 2.17. The Labute approximate surface area is 96.5 Å². The molecule has 0 amide bonds. The summed E-state index contributed by atoms with van der Waals surface area (Å²) in [6, 6.07) is 0. The van der Waals surface area contributed by atoms with Crippen LogP contribution in [0.4, 0.5) is 0 Å². The molecule has 0 radical (unpaired) electrons. The summed E-state index contributed by atoms with van der Waals surface area (Å²) in [5.41, 5.74) is 0.0726. The Morgan fingerprint density at radius 3 is 2.71 bits per heavy atom. The fraction of sp³-hybridized carbons (Fsp3) is 0.364. The third-order valence-corrected chi connectivity index (χ3v) is 2.47. The van der Waals surface area contributed by atoms with Crippen molar-refractivity contribution < 1.29 is 29.0 Å². The predicted octanol–water partition coefficient (Wildman–Crippen LogP) is -0.381. The van der Waals surface area contributed by atoms with Crippen LogP contribution in [0, 0.1) is 0 Å². The highest BCUT2D eigenvalue weighted by atomic mass is 16.7. The lowest BCUT2D eigenvalue weighted by Crippen LogP contribution is -2.38. The molecular formula is C11H10O6. The Balaban J connectivity index is 2.28. The van der Waals surface area contributed by atoms with Crippen molar-refractivity contribution in [2.24, 2.45) is 0 Å². The smallest absolute Gasteiger partial charge is 0.304 e. The van der Waals surface area contributed by atoms with Crippen LogP contribution in [-0.4, -0.2) is 35.2 Å². The van der Waals surface area contributed by atoms with E-state index in [9.17, 15) is 19.5 Å². The molecule has 1 aliphatic carbocycles. The van der Waals surface area contributed by atoms with E-state index in [1.54, 1.807) is 0 Å². The maximum atomic E-state index is 11.5. The summed E-state index contributed by atoms with van der Waals surface area (Å²) in [5.74, 6) is -1.43. The van der Waals surface area contributed by atoms with Gasteiger partial charge in [-0.05, 0) is 12.2 Å². The normalized spacial score (nSPS) is 28.1. The highest BCUT2D eigenvalue weighted by Gasteiger charge is 2.37. The van der Waals surface area contributed by atoms with Gasteiger partial charge in [-0.2, -0.15) is 0 Å². The van der Waals surface area contributed by atoms with Crippen LogP contribution in [0.5, 0.6) is 0 Å². The number of rotatable bonds is 1. The van der Waals surface area contributed by atoms with E-state index in [1.165, 1.54) is 6.92 Å². The summed E-state index contributed by atoms with van der Waals surface area (Å²) < 4.78 is 9.68. The summed E-state index contributed by atoms with van der Waals surface area (Å²) in [6.45, 7) is 1.19. The van der Waals surface area contributed by atoms with Gasteiger partial charge >= 0.3 is 5.97 Å². The van der Waals surface area contributed by atoms with Gasteiger partial charge in [0.25, 0.3) is 0 Å². The molecule has 0 saturated heterocycles. The number of carbonyl (C=O) groups excluding carboxylic acids is 3. The molecule has 2 rings (SSSR count). The second kappa shape index (κ2) is 4.23. The van der Waals surface area contributed by atoms with Gasteiger partial charge in [-0.25, -0.2) is 0 Å². The first-order chi connectivity index (χ1) is 7.99. The van der Waals surface area contributed by atoms with Crippen molar-refractivity contribution in [3.8, 4) is 0 Å². The van der Waals surface area contributed by atoms with Crippen molar-refractivity contribution in [2.45, 2.75) is 25.9 Å². The maximum absolute atomic E-state index is 11.5. The first-order valence-corrected chi connectivity index (χ1v) is 4.99. The molecule has 0 aromatic rings. The van der Waals surface area contributed by atoms with E-state index in [4.69, 9.17) is 9.47 Å². The van der Waals surface area contributed by atoms with Crippen LogP contribution >= 0.6 is 0 Å². The van der Waals surface area contributed by atoms with Gasteiger partial charge in [0.2, 0.25) is 6.29 Å². The van der Waals surface area contributed by atoms with E-state index in [0.717, 1.165) is 12.2 Å². The molecule has 6 nitrogen and oxygen atoms in total. The molecule has 2 unspecified atom stereocenters. The molecule has 0 bridgehead atoms. The average Bonchev–Trinajstić information content (AvgIpc) is 2.22. The van der Waals surface area contributed by atoms with Gasteiger partial charge in [-0.1, -0.05) is 0 Å². The summed E-state index contributed by atoms with van der Waals surface area (Å²) >= 11 is 0. The minimum atomic E-state index is -1.54. The highest BCUT2D eigenvalue weighted by Crippen LogP contribution is 2.29. The zero-order valence-corrected chi connectivity index (χ0v) is 9.00. The fourth-order valence-electron chi connectivity index (χ4n) is 1.79. The number of ketones is 2. The van der Waals surface area contributed by atoms with Crippen molar-refractivity contribution in [3.63, 3.8) is 0 Å². The highest BCUT2D eigenvalue weighted by molar-refractivity contribution is 6.20.